The maximum absolute atomic E-state index is 11.9. The van der Waals surface area contributed by atoms with E-state index in [2.05, 4.69) is 10.5 Å². The fourth-order valence-electron chi connectivity index (χ4n) is 1.69. The van der Waals surface area contributed by atoms with Crippen LogP contribution in [0.2, 0.25) is 10.0 Å². The van der Waals surface area contributed by atoms with Crippen LogP contribution >= 0.6 is 23.2 Å². The van der Waals surface area contributed by atoms with Crippen LogP contribution in [0, 0.1) is 0 Å². The number of carbonyl (C=O) groups excluding carboxylic acids is 1. The third-order valence-electron chi connectivity index (χ3n) is 2.76. The van der Waals surface area contributed by atoms with Crippen molar-refractivity contribution in [3.05, 3.63) is 57.6 Å². The average Bonchev–Trinajstić information content (AvgIpc) is 2.47. The van der Waals surface area contributed by atoms with Crippen molar-refractivity contribution in [2.45, 2.75) is 0 Å². The minimum absolute atomic E-state index is 0.0153. The summed E-state index contributed by atoms with van der Waals surface area (Å²) in [6.07, 6.45) is 1.39. The van der Waals surface area contributed by atoms with Crippen molar-refractivity contribution in [3.8, 4) is 11.5 Å². The molecule has 0 aliphatic carbocycles. The number of nitrogens with one attached hydrogen (secondary N) is 1. The standard InChI is InChI=1S/C15H12Cl2N2O3/c1-22-14-5-2-9(6-13(14)20)8-18-19-15(21)11-4-3-10(16)7-12(11)17/h2-8,20H,1H3,(H,19,21)/b18-8+. The number of hydrogen-bond acceptors (Lipinski definition) is 4. The molecule has 0 saturated heterocycles. The van der Waals surface area contributed by atoms with Crippen molar-refractivity contribution in [2.24, 2.45) is 5.10 Å². The molecule has 0 aliphatic rings. The van der Waals surface area contributed by atoms with Crippen molar-refractivity contribution in [3.63, 3.8) is 0 Å². The van der Waals surface area contributed by atoms with E-state index < -0.39 is 5.91 Å². The predicted molar refractivity (Wildman–Crippen MR) is 86.2 cm³/mol. The Labute approximate surface area is 137 Å². The number of hydrogen-bond donors (Lipinski definition) is 2. The first kappa shape index (κ1) is 16.1. The van der Waals surface area contributed by atoms with Gasteiger partial charge in [0.15, 0.2) is 11.5 Å². The summed E-state index contributed by atoms with van der Waals surface area (Å²) in [6.45, 7) is 0. The SMILES string of the molecule is COc1ccc(/C=N/NC(=O)c2ccc(Cl)cc2Cl)cc1O. The van der Waals surface area contributed by atoms with Gasteiger partial charge in [-0.05, 0) is 42.0 Å². The van der Waals surface area contributed by atoms with Gasteiger partial charge in [0.25, 0.3) is 5.91 Å². The largest absolute Gasteiger partial charge is 0.504 e. The molecule has 2 rings (SSSR count). The van der Waals surface area contributed by atoms with E-state index >= 15 is 0 Å². The lowest BCUT2D eigenvalue weighted by molar-refractivity contribution is 0.0955. The molecule has 0 saturated carbocycles. The van der Waals surface area contributed by atoms with Gasteiger partial charge < -0.3 is 9.84 Å². The first-order chi connectivity index (χ1) is 10.5. The van der Waals surface area contributed by atoms with Crippen LogP contribution < -0.4 is 10.2 Å². The summed E-state index contributed by atoms with van der Waals surface area (Å²) >= 11 is 11.7. The van der Waals surface area contributed by atoms with Gasteiger partial charge in [-0.15, -0.1) is 0 Å². The topological polar surface area (TPSA) is 70.9 Å². The lowest BCUT2D eigenvalue weighted by Gasteiger charge is -2.04. The summed E-state index contributed by atoms with van der Waals surface area (Å²) < 4.78 is 4.93. The highest BCUT2D eigenvalue weighted by Gasteiger charge is 2.09. The third kappa shape index (κ3) is 3.90. The second kappa shape index (κ2) is 7.15. The Kier molecular flexibility index (Phi) is 5.25. The van der Waals surface area contributed by atoms with E-state index in [9.17, 15) is 9.90 Å². The molecule has 0 spiro atoms. The lowest BCUT2D eigenvalue weighted by atomic mass is 10.2. The molecule has 2 aromatic carbocycles. The number of nitrogens with zero attached hydrogens (tertiary/aromatic N) is 1. The molecule has 5 nitrogen and oxygen atoms in total. The van der Waals surface area contributed by atoms with Crippen LogP contribution in [-0.4, -0.2) is 24.3 Å². The number of methoxy groups -OCH3 is 1. The number of carbonyl (C=O) groups is 1. The zero-order valence-corrected chi connectivity index (χ0v) is 13.0. The van der Waals surface area contributed by atoms with Gasteiger partial charge in [-0.2, -0.15) is 5.10 Å². The Morgan fingerprint density at radius 3 is 2.68 bits per heavy atom. The fraction of sp³-hybridized carbons (Fsp3) is 0.0667. The minimum atomic E-state index is -0.462. The van der Waals surface area contributed by atoms with Gasteiger partial charge in [-0.1, -0.05) is 23.2 Å². The Balaban J connectivity index is 2.05. The van der Waals surface area contributed by atoms with E-state index in [-0.39, 0.29) is 16.3 Å². The molecule has 0 atom stereocenters. The number of aromatic hydroxyl groups is 1. The summed E-state index contributed by atoms with van der Waals surface area (Å²) in [6, 6.07) is 9.29. The van der Waals surface area contributed by atoms with Gasteiger partial charge in [-0.3, -0.25) is 4.79 Å². The molecule has 22 heavy (non-hydrogen) atoms. The van der Waals surface area contributed by atoms with Crippen LogP contribution in [0.25, 0.3) is 0 Å². The summed E-state index contributed by atoms with van der Waals surface area (Å²) in [5.74, 6) is -0.122. The molecule has 1 amide bonds. The van der Waals surface area contributed by atoms with E-state index in [1.165, 1.54) is 31.5 Å². The maximum atomic E-state index is 11.9. The molecule has 0 fully saturated rings. The monoisotopic (exact) mass is 338 g/mol. The molecule has 7 heteroatoms. The highest BCUT2D eigenvalue weighted by Crippen LogP contribution is 2.25. The molecule has 2 N–H and O–H groups in total. The van der Waals surface area contributed by atoms with E-state index in [4.69, 9.17) is 27.9 Å². The molecule has 0 heterocycles. The lowest BCUT2D eigenvalue weighted by Crippen LogP contribution is -2.18. The smallest absolute Gasteiger partial charge is 0.272 e. The zero-order chi connectivity index (χ0) is 16.1. The summed E-state index contributed by atoms with van der Waals surface area (Å²) in [7, 11) is 1.46. The molecule has 0 aliphatic heterocycles. The Morgan fingerprint density at radius 1 is 1.27 bits per heavy atom. The van der Waals surface area contributed by atoms with Gasteiger partial charge >= 0.3 is 0 Å². The number of benzene rings is 2. The quantitative estimate of drug-likeness (QED) is 0.662. The zero-order valence-electron chi connectivity index (χ0n) is 11.5. The Hall–Kier alpha value is -2.24. The number of phenolic OH excluding ortho intramolecular Hbond substituents is 1. The summed E-state index contributed by atoms with van der Waals surface area (Å²) in [4.78, 5) is 11.9. The van der Waals surface area contributed by atoms with E-state index in [0.717, 1.165) is 0 Å². The van der Waals surface area contributed by atoms with Gasteiger partial charge in [0.05, 0.1) is 23.9 Å². The van der Waals surface area contributed by atoms with Crippen LogP contribution in [0.1, 0.15) is 15.9 Å². The number of rotatable bonds is 4. The number of phenols is 1. The second-order valence-corrected chi connectivity index (χ2v) is 5.10. The van der Waals surface area contributed by atoms with E-state index in [1.807, 2.05) is 0 Å². The Bertz CT molecular complexity index is 733. The third-order valence-corrected chi connectivity index (χ3v) is 3.31. The fourth-order valence-corrected chi connectivity index (χ4v) is 2.18. The van der Waals surface area contributed by atoms with Crippen LogP contribution in [0.15, 0.2) is 41.5 Å². The molecule has 114 valence electrons. The van der Waals surface area contributed by atoms with Crippen molar-refractivity contribution in [2.75, 3.05) is 7.11 Å². The van der Waals surface area contributed by atoms with Crippen molar-refractivity contribution >= 4 is 35.3 Å². The van der Waals surface area contributed by atoms with Crippen molar-refractivity contribution < 1.29 is 14.6 Å². The predicted octanol–water partition coefficient (Wildman–Crippen LogP) is 3.47. The van der Waals surface area contributed by atoms with Crippen molar-refractivity contribution in [1.82, 2.24) is 5.43 Å². The van der Waals surface area contributed by atoms with E-state index in [1.54, 1.807) is 18.2 Å². The Morgan fingerprint density at radius 2 is 2.05 bits per heavy atom. The highest BCUT2D eigenvalue weighted by atomic mass is 35.5. The van der Waals surface area contributed by atoms with Crippen LogP contribution in [0.5, 0.6) is 11.5 Å². The number of ether oxygens (including phenoxy) is 1. The van der Waals surface area contributed by atoms with Crippen LogP contribution in [-0.2, 0) is 0 Å². The van der Waals surface area contributed by atoms with Crippen molar-refractivity contribution in [1.29, 1.82) is 0 Å². The second-order valence-electron chi connectivity index (χ2n) is 4.25. The summed E-state index contributed by atoms with van der Waals surface area (Å²) in [5.41, 5.74) is 3.21. The maximum Gasteiger partial charge on any atom is 0.272 e. The highest BCUT2D eigenvalue weighted by molar-refractivity contribution is 6.36. The average molecular weight is 339 g/mol. The van der Waals surface area contributed by atoms with Gasteiger partial charge in [0.2, 0.25) is 0 Å². The summed E-state index contributed by atoms with van der Waals surface area (Å²) in [5, 5.41) is 14.1. The van der Waals surface area contributed by atoms with Gasteiger partial charge in [0.1, 0.15) is 0 Å². The number of halogens is 2. The van der Waals surface area contributed by atoms with Crippen LogP contribution in [0.3, 0.4) is 0 Å². The normalized spacial score (nSPS) is 10.7. The molecule has 0 radical (unpaired) electrons. The van der Waals surface area contributed by atoms with E-state index in [0.29, 0.717) is 16.3 Å². The van der Waals surface area contributed by atoms with Gasteiger partial charge in [0, 0.05) is 5.02 Å². The molecule has 2 aromatic rings. The molecular weight excluding hydrogens is 327 g/mol. The molecule has 0 bridgehead atoms. The first-order valence-corrected chi connectivity index (χ1v) is 6.92. The number of amides is 1. The van der Waals surface area contributed by atoms with Crippen LogP contribution in [0.4, 0.5) is 0 Å². The van der Waals surface area contributed by atoms with Gasteiger partial charge in [-0.25, -0.2) is 5.43 Å². The molecule has 0 unspecified atom stereocenters. The number of hydrazone groups is 1. The molecule has 0 aromatic heterocycles. The molecular formula is C15H12Cl2N2O3. The minimum Gasteiger partial charge on any atom is -0.504 e. The first-order valence-electron chi connectivity index (χ1n) is 6.16.